The Morgan fingerprint density at radius 2 is 2.04 bits per heavy atom. The number of anilines is 1. The second-order valence-corrected chi connectivity index (χ2v) is 6.03. The maximum Gasteiger partial charge on any atom is 0.269 e. The highest BCUT2D eigenvalue weighted by Gasteiger charge is 2.23. The number of fused-ring (bicyclic) bond motifs is 2. The van der Waals surface area contributed by atoms with E-state index in [9.17, 15) is 15.4 Å². The lowest BCUT2D eigenvalue weighted by atomic mass is 9.97. The number of nitro benzene ring substituents is 1. The van der Waals surface area contributed by atoms with Crippen molar-refractivity contribution in [2.24, 2.45) is 0 Å². The fourth-order valence-electron chi connectivity index (χ4n) is 3.40. The smallest absolute Gasteiger partial charge is 0.269 e. The van der Waals surface area contributed by atoms with Crippen molar-refractivity contribution in [1.29, 1.82) is 5.26 Å². The third-order valence-corrected chi connectivity index (χ3v) is 4.60. The van der Waals surface area contributed by atoms with E-state index in [0.29, 0.717) is 12.1 Å². The summed E-state index contributed by atoms with van der Waals surface area (Å²) in [4.78, 5) is 17.2. The normalized spacial score (nSPS) is 13.3. The average molecular weight is 330 g/mol. The molecule has 4 rings (SSSR count). The van der Waals surface area contributed by atoms with Gasteiger partial charge in [0.15, 0.2) is 0 Å². The molecule has 6 nitrogen and oxygen atoms in total. The molecule has 0 N–H and O–H groups in total. The molecule has 3 aromatic rings. The van der Waals surface area contributed by atoms with Crippen LogP contribution in [0.25, 0.3) is 10.9 Å². The molecule has 0 aliphatic carbocycles. The lowest BCUT2D eigenvalue weighted by Gasteiger charge is -2.32. The molecular formula is C19H14N4O2. The molecule has 0 spiro atoms. The van der Waals surface area contributed by atoms with Crippen LogP contribution in [0.1, 0.15) is 16.7 Å². The van der Waals surface area contributed by atoms with Crippen LogP contribution < -0.4 is 4.90 Å². The summed E-state index contributed by atoms with van der Waals surface area (Å²) in [5.74, 6) is 0. The number of para-hydroxylation sites is 1. The van der Waals surface area contributed by atoms with Gasteiger partial charge in [-0.3, -0.25) is 15.1 Å². The van der Waals surface area contributed by atoms with Gasteiger partial charge in [0.1, 0.15) is 6.07 Å². The van der Waals surface area contributed by atoms with Crippen LogP contribution in [0.5, 0.6) is 0 Å². The summed E-state index contributed by atoms with van der Waals surface area (Å²) in [6, 6.07) is 15.0. The van der Waals surface area contributed by atoms with Crippen molar-refractivity contribution in [2.45, 2.75) is 13.0 Å². The van der Waals surface area contributed by atoms with E-state index in [1.807, 2.05) is 30.3 Å². The van der Waals surface area contributed by atoms with Crippen LogP contribution >= 0.6 is 0 Å². The first-order valence-electron chi connectivity index (χ1n) is 7.96. The SMILES string of the molecule is N#Cc1cnc2ccccc2c1N1CCc2ccc([N+](=O)[O-])cc2C1. The molecule has 0 unspecified atom stereocenters. The van der Waals surface area contributed by atoms with E-state index in [2.05, 4.69) is 16.0 Å². The first-order chi connectivity index (χ1) is 12.2. The van der Waals surface area contributed by atoms with Crippen LogP contribution in [0, 0.1) is 21.4 Å². The van der Waals surface area contributed by atoms with Crippen molar-refractivity contribution >= 4 is 22.3 Å². The van der Waals surface area contributed by atoms with Crippen molar-refractivity contribution in [2.75, 3.05) is 11.4 Å². The Hall–Kier alpha value is -3.46. The van der Waals surface area contributed by atoms with Crippen LogP contribution in [0.2, 0.25) is 0 Å². The molecule has 6 heteroatoms. The minimum Gasteiger partial charge on any atom is -0.365 e. The minimum atomic E-state index is -0.373. The van der Waals surface area contributed by atoms with Gasteiger partial charge in [-0.25, -0.2) is 0 Å². The number of pyridine rings is 1. The Kier molecular flexibility index (Phi) is 3.55. The zero-order valence-electron chi connectivity index (χ0n) is 13.3. The summed E-state index contributed by atoms with van der Waals surface area (Å²) < 4.78 is 0. The van der Waals surface area contributed by atoms with E-state index in [1.165, 1.54) is 0 Å². The molecular weight excluding hydrogens is 316 g/mol. The quantitative estimate of drug-likeness (QED) is 0.530. The molecule has 2 heterocycles. The van der Waals surface area contributed by atoms with E-state index < -0.39 is 0 Å². The van der Waals surface area contributed by atoms with Gasteiger partial charge in [0, 0.05) is 36.8 Å². The molecule has 1 aliphatic rings. The van der Waals surface area contributed by atoms with Gasteiger partial charge < -0.3 is 4.90 Å². The average Bonchev–Trinajstić information content (AvgIpc) is 2.66. The maximum absolute atomic E-state index is 11.1. The molecule has 0 bridgehead atoms. The summed E-state index contributed by atoms with van der Waals surface area (Å²) in [5.41, 5.74) is 4.36. The van der Waals surface area contributed by atoms with Gasteiger partial charge in [0.05, 0.1) is 21.7 Å². The van der Waals surface area contributed by atoms with Crippen molar-refractivity contribution in [3.05, 3.63) is 75.5 Å². The molecule has 0 saturated carbocycles. The number of rotatable bonds is 2. The summed E-state index contributed by atoms with van der Waals surface area (Å²) in [6.07, 6.45) is 2.38. The lowest BCUT2D eigenvalue weighted by Crippen LogP contribution is -2.31. The van der Waals surface area contributed by atoms with Crippen LogP contribution in [-0.2, 0) is 13.0 Å². The van der Waals surface area contributed by atoms with Gasteiger partial charge in [-0.05, 0) is 23.6 Å². The Balaban J connectivity index is 1.82. The fraction of sp³-hybridized carbons (Fsp3) is 0.158. The van der Waals surface area contributed by atoms with Gasteiger partial charge in [-0.1, -0.05) is 24.3 Å². The molecule has 1 aliphatic heterocycles. The number of nitrogens with zero attached hydrogens (tertiary/aromatic N) is 4. The van der Waals surface area contributed by atoms with Crippen LogP contribution in [0.4, 0.5) is 11.4 Å². The molecule has 1 aromatic heterocycles. The number of benzene rings is 2. The van der Waals surface area contributed by atoms with Crippen molar-refractivity contribution in [3.63, 3.8) is 0 Å². The second kappa shape index (κ2) is 5.87. The first-order valence-corrected chi connectivity index (χ1v) is 7.96. The highest BCUT2D eigenvalue weighted by Crippen LogP contribution is 2.33. The van der Waals surface area contributed by atoms with E-state index in [0.717, 1.165) is 40.7 Å². The predicted molar refractivity (Wildman–Crippen MR) is 94.3 cm³/mol. The number of hydrogen-bond acceptors (Lipinski definition) is 5. The maximum atomic E-state index is 11.1. The molecule has 0 fully saturated rings. The van der Waals surface area contributed by atoms with Gasteiger partial charge in [0.2, 0.25) is 0 Å². The first kappa shape index (κ1) is 15.1. The molecule has 0 radical (unpaired) electrons. The molecule has 0 saturated heterocycles. The molecule has 122 valence electrons. The number of non-ortho nitro benzene ring substituents is 1. The van der Waals surface area contributed by atoms with E-state index in [-0.39, 0.29) is 10.6 Å². The number of nitro groups is 1. The van der Waals surface area contributed by atoms with Gasteiger partial charge in [0.25, 0.3) is 5.69 Å². The third-order valence-electron chi connectivity index (χ3n) is 4.60. The Bertz CT molecular complexity index is 1040. The summed E-state index contributed by atoms with van der Waals surface area (Å²) in [5, 5.41) is 21.5. The van der Waals surface area contributed by atoms with Crippen molar-refractivity contribution in [1.82, 2.24) is 4.98 Å². The zero-order chi connectivity index (χ0) is 17.4. The third kappa shape index (κ3) is 2.56. The highest BCUT2D eigenvalue weighted by atomic mass is 16.6. The topological polar surface area (TPSA) is 83.1 Å². The molecule has 0 atom stereocenters. The highest BCUT2D eigenvalue weighted by molar-refractivity contribution is 5.94. The van der Waals surface area contributed by atoms with E-state index in [4.69, 9.17) is 0 Å². The Morgan fingerprint density at radius 1 is 1.20 bits per heavy atom. The fourth-order valence-corrected chi connectivity index (χ4v) is 3.40. The van der Waals surface area contributed by atoms with Gasteiger partial charge in [-0.15, -0.1) is 0 Å². The monoisotopic (exact) mass is 330 g/mol. The van der Waals surface area contributed by atoms with Crippen molar-refractivity contribution < 1.29 is 4.92 Å². The summed E-state index contributed by atoms with van der Waals surface area (Å²) >= 11 is 0. The largest absolute Gasteiger partial charge is 0.365 e. The molecule has 25 heavy (non-hydrogen) atoms. The second-order valence-electron chi connectivity index (χ2n) is 6.03. The number of hydrogen-bond donors (Lipinski definition) is 0. The zero-order valence-corrected chi connectivity index (χ0v) is 13.3. The minimum absolute atomic E-state index is 0.0979. The number of aromatic nitrogens is 1. The van der Waals surface area contributed by atoms with Crippen LogP contribution in [-0.4, -0.2) is 16.5 Å². The van der Waals surface area contributed by atoms with E-state index in [1.54, 1.807) is 18.3 Å². The van der Waals surface area contributed by atoms with Crippen molar-refractivity contribution in [3.8, 4) is 6.07 Å². The molecule has 2 aromatic carbocycles. The summed E-state index contributed by atoms with van der Waals surface area (Å²) in [6.45, 7) is 1.30. The van der Waals surface area contributed by atoms with Gasteiger partial charge in [-0.2, -0.15) is 5.26 Å². The predicted octanol–water partition coefficient (Wildman–Crippen LogP) is 3.58. The summed E-state index contributed by atoms with van der Waals surface area (Å²) in [7, 11) is 0. The van der Waals surface area contributed by atoms with E-state index >= 15 is 0 Å². The number of nitriles is 1. The standard InChI is InChI=1S/C19H14N4O2/c20-10-15-11-21-18-4-2-1-3-17(18)19(15)22-8-7-13-5-6-16(23(24)25)9-14(13)12-22/h1-6,9,11H,7-8,12H2. The van der Waals surface area contributed by atoms with Crippen LogP contribution in [0.3, 0.4) is 0 Å². The Labute approximate surface area is 144 Å². The van der Waals surface area contributed by atoms with Crippen LogP contribution in [0.15, 0.2) is 48.7 Å². The molecule has 0 amide bonds. The Morgan fingerprint density at radius 3 is 2.84 bits per heavy atom. The van der Waals surface area contributed by atoms with Gasteiger partial charge >= 0.3 is 0 Å². The lowest BCUT2D eigenvalue weighted by molar-refractivity contribution is -0.384.